The Morgan fingerprint density at radius 2 is 2.11 bits per heavy atom. The number of sulfonamides is 1. The fraction of sp³-hybridized carbons (Fsp3) is 0.538. The summed E-state index contributed by atoms with van der Waals surface area (Å²) in [4.78, 5) is 0.0903. The molecule has 1 aliphatic carbocycles. The maximum atomic E-state index is 12.2. The monoisotopic (exact) mass is 284 g/mol. The van der Waals surface area contributed by atoms with Crippen molar-refractivity contribution in [3.63, 3.8) is 0 Å². The van der Waals surface area contributed by atoms with E-state index in [1.54, 1.807) is 0 Å². The van der Waals surface area contributed by atoms with E-state index in [2.05, 4.69) is 18.6 Å². The van der Waals surface area contributed by atoms with Crippen LogP contribution < -0.4 is 10.5 Å². The van der Waals surface area contributed by atoms with Crippen molar-refractivity contribution < 1.29 is 13.5 Å². The first-order chi connectivity index (χ1) is 8.70. The van der Waals surface area contributed by atoms with Gasteiger partial charge in [0.1, 0.15) is 5.75 Å². The maximum absolute atomic E-state index is 12.2. The number of anilines is 1. The Morgan fingerprint density at radius 1 is 1.42 bits per heavy atom. The van der Waals surface area contributed by atoms with Crippen molar-refractivity contribution in [2.45, 2.75) is 44.0 Å². The quantitative estimate of drug-likeness (QED) is 0.583. The lowest BCUT2D eigenvalue weighted by atomic mass is 9.92. The normalized spacial score (nSPS) is 22.5. The molecule has 0 radical (unpaired) electrons. The Morgan fingerprint density at radius 3 is 2.63 bits per heavy atom. The van der Waals surface area contributed by atoms with E-state index in [9.17, 15) is 13.5 Å². The van der Waals surface area contributed by atoms with E-state index in [1.165, 1.54) is 18.2 Å². The van der Waals surface area contributed by atoms with Crippen LogP contribution >= 0.6 is 0 Å². The SMILES string of the molecule is CC1(C)CCC(NS(=O)(=O)c2ccc(O)c(N)c2)C1. The van der Waals surface area contributed by atoms with Crippen molar-refractivity contribution in [2.75, 3.05) is 5.73 Å². The molecule has 1 fully saturated rings. The summed E-state index contributed by atoms with van der Waals surface area (Å²) in [6, 6.07) is 3.89. The number of nitrogen functional groups attached to an aromatic ring is 1. The number of phenols is 1. The highest BCUT2D eigenvalue weighted by Gasteiger charge is 2.33. The Labute approximate surface area is 113 Å². The van der Waals surface area contributed by atoms with Gasteiger partial charge >= 0.3 is 0 Å². The highest BCUT2D eigenvalue weighted by molar-refractivity contribution is 7.89. The molecule has 0 aromatic heterocycles. The highest BCUT2D eigenvalue weighted by Crippen LogP contribution is 2.37. The summed E-state index contributed by atoms with van der Waals surface area (Å²) < 4.78 is 27.1. The molecule has 5 nitrogen and oxygen atoms in total. The fourth-order valence-corrected chi connectivity index (χ4v) is 3.83. The van der Waals surface area contributed by atoms with E-state index in [0.29, 0.717) is 0 Å². The standard InChI is InChI=1S/C13H20N2O3S/c1-13(2)6-5-9(8-13)15-19(17,18)10-3-4-12(16)11(14)7-10/h3-4,7,9,15-16H,5-6,8,14H2,1-2H3. The summed E-state index contributed by atoms with van der Waals surface area (Å²) in [6.45, 7) is 4.28. The van der Waals surface area contributed by atoms with Crippen molar-refractivity contribution in [1.82, 2.24) is 4.72 Å². The summed E-state index contributed by atoms with van der Waals surface area (Å²) in [6.07, 6.45) is 2.69. The van der Waals surface area contributed by atoms with Crippen LogP contribution in [-0.2, 0) is 10.0 Å². The number of phenolic OH excluding ortho intramolecular Hbond substituents is 1. The third-order valence-corrected chi connectivity index (χ3v) is 5.12. The third-order valence-electron chi connectivity index (χ3n) is 3.60. The molecule has 0 saturated heterocycles. The number of benzene rings is 1. The zero-order valence-corrected chi connectivity index (χ0v) is 12.0. The van der Waals surface area contributed by atoms with Gasteiger partial charge in [0.25, 0.3) is 0 Å². The lowest BCUT2D eigenvalue weighted by Gasteiger charge is -2.18. The molecular formula is C13H20N2O3S. The van der Waals surface area contributed by atoms with E-state index in [-0.39, 0.29) is 27.8 Å². The molecular weight excluding hydrogens is 264 g/mol. The molecule has 0 bridgehead atoms. The summed E-state index contributed by atoms with van der Waals surface area (Å²) >= 11 is 0. The van der Waals surface area contributed by atoms with Crippen molar-refractivity contribution in [3.05, 3.63) is 18.2 Å². The van der Waals surface area contributed by atoms with Gasteiger partial charge in [-0.25, -0.2) is 13.1 Å². The van der Waals surface area contributed by atoms with E-state index < -0.39 is 10.0 Å². The fourth-order valence-electron chi connectivity index (χ4n) is 2.52. The van der Waals surface area contributed by atoms with Crippen LogP contribution in [0.2, 0.25) is 0 Å². The molecule has 2 rings (SSSR count). The smallest absolute Gasteiger partial charge is 0.240 e. The number of hydrogen-bond donors (Lipinski definition) is 3. The number of aromatic hydroxyl groups is 1. The molecule has 106 valence electrons. The van der Waals surface area contributed by atoms with Crippen LogP contribution in [0.25, 0.3) is 0 Å². The van der Waals surface area contributed by atoms with Crippen LogP contribution in [0.5, 0.6) is 5.75 Å². The lowest BCUT2D eigenvalue weighted by molar-refractivity contribution is 0.372. The van der Waals surface area contributed by atoms with E-state index in [0.717, 1.165) is 19.3 Å². The second kappa shape index (κ2) is 4.68. The zero-order valence-electron chi connectivity index (χ0n) is 11.2. The van der Waals surface area contributed by atoms with E-state index in [4.69, 9.17) is 5.73 Å². The second-order valence-electron chi connectivity index (χ2n) is 5.95. The van der Waals surface area contributed by atoms with Gasteiger partial charge in [0.05, 0.1) is 10.6 Å². The Bertz CT molecular complexity index is 582. The Balaban J connectivity index is 2.17. The Kier molecular flexibility index (Phi) is 3.49. The average molecular weight is 284 g/mol. The molecule has 1 aliphatic rings. The van der Waals surface area contributed by atoms with Gasteiger partial charge in [-0.3, -0.25) is 0 Å². The van der Waals surface area contributed by atoms with Crippen molar-refractivity contribution >= 4 is 15.7 Å². The number of rotatable bonds is 3. The molecule has 0 aliphatic heterocycles. The first kappa shape index (κ1) is 14.1. The molecule has 1 aromatic rings. The predicted octanol–water partition coefficient (Wildman–Crippen LogP) is 1.83. The maximum Gasteiger partial charge on any atom is 0.240 e. The molecule has 0 spiro atoms. The van der Waals surface area contributed by atoms with Gasteiger partial charge in [0, 0.05) is 6.04 Å². The molecule has 1 atom stereocenters. The Hall–Kier alpha value is -1.27. The van der Waals surface area contributed by atoms with E-state index >= 15 is 0 Å². The van der Waals surface area contributed by atoms with Crippen LogP contribution in [0.3, 0.4) is 0 Å². The first-order valence-corrected chi connectivity index (χ1v) is 7.79. The summed E-state index contributed by atoms with van der Waals surface area (Å²) in [7, 11) is -3.57. The second-order valence-corrected chi connectivity index (χ2v) is 7.66. The first-order valence-electron chi connectivity index (χ1n) is 6.30. The minimum absolute atomic E-state index is 0.0324. The van der Waals surface area contributed by atoms with Gasteiger partial charge in [-0.05, 0) is 42.9 Å². The van der Waals surface area contributed by atoms with Crippen LogP contribution in [0.15, 0.2) is 23.1 Å². The van der Waals surface area contributed by atoms with Crippen LogP contribution in [0, 0.1) is 5.41 Å². The predicted molar refractivity (Wildman–Crippen MR) is 74.3 cm³/mol. The zero-order chi connectivity index (χ0) is 14.3. The van der Waals surface area contributed by atoms with Crippen LogP contribution in [0.1, 0.15) is 33.1 Å². The van der Waals surface area contributed by atoms with Crippen LogP contribution in [0.4, 0.5) is 5.69 Å². The van der Waals surface area contributed by atoms with Crippen molar-refractivity contribution in [1.29, 1.82) is 0 Å². The molecule has 1 saturated carbocycles. The van der Waals surface area contributed by atoms with Crippen LogP contribution in [-0.4, -0.2) is 19.6 Å². The lowest BCUT2D eigenvalue weighted by Crippen LogP contribution is -2.33. The summed E-state index contributed by atoms with van der Waals surface area (Å²) in [5.74, 6) is -0.110. The van der Waals surface area contributed by atoms with Gasteiger partial charge in [-0.2, -0.15) is 0 Å². The number of hydrogen-bond acceptors (Lipinski definition) is 4. The van der Waals surface area contributed by atoms with Crippen molar-refractivity contribution in [3.8, 4) is 5.75 Å². The van der Waals surface area contributed by atoms with Gasteiger partial charge in [-0.1, -0.05) is 13.8 Å². The number of nitrogens with one attached hydrogen (secondary N) is 1. The third kappa shape index (κ3) is 3.19. The largest absolute Gasteiger partial charge is 0.506 e. The minimum atomic E-state index is -3.57. The molecule has 6 heteroatoms. The molecule has 0 heterocycles. The highest BCUT2D eigenvalue weighted by atomic mass is 32.2. The summed E-state index contributed by atoms with van der Waals surface area (Å²) in [5.41, 5.74) is 5.77. The molecule has 1 unspecified atom stereocenters. The number of nitrogens with two attached hydrogens (primary N) is 1. The average Bonchev–Trinajstić information content (AvgIpc) is 2.61. The molecule has 0 amide bonds. The summed E-state index contributed by atoms with van der Waals surface area (Å²) in [5, 5.41) is 9.32. The van der Waals surface area contributed by atoms with Gasteiger partial charge in [-0.15, -0.1) is 0 Å². The molecule has 19 heavy (non-hydrogen) atoms. The minimum Gasteiger partial charge on any atom is -0.506 e. The van der Waals surface area contributed by atoms with E-state index in [1.807, 2.05) is 0 Å². The molecule has 4 N–H and O–H groups in total. The topological polar surface area (TPSA) is 92.4 Å². The van der Waals surface area contributed by atoms with Gasteiger partial charge < -0.3 is 10.8 Å². The van der Waals surface area contributed by atoms with Gasteiger partial charge in [0.2, 0.25) is 10.0 Å². The molecule has 1 aromatic carbocycles. The van der Waals surface area contributed by atoms with Crippen molar-refractivity contribution in [2.24, 2.45) is 5.41 Å². The van der Waals surface area contributed by atoms with Gasteiger partial charge in [0.15, 0.2) is 0 Å².